The van der Waals surface area contributed by atoms with E-state index in [0.717, 1.165) is 12.1 Å². The van der Waals surface area contributed by atoms with Crippen LogP contribution in [0, 0.1) is 18.6 Å². The molecule has 0 saturated carbocycles. The van der Waals surface area contributed by atoms with Crippen LogP contribution in [0.25, 0.3) is 0 Å². The zero-order valence-electron chi connectivity index (χ0n) is 11.1. The molecule has 110 valence electrons. The molecule has 0 saturated heterocycles. The summed E-state index contributed by atoms with van der Waals surface area (Å²) in [6.45, 7) is 1.51. The number of aromatic nitrogens is 2. The maximum Gasteiger partial charge on any atom is 0.308 e. The molecule has 0 aliphatic rings. The van der Waals surface area contributed by atoms with Crippen molar-refractivity contribution in [1.29, 1.82) is 0 Å². The summed E-state index contributed by atoms with van der Waals surface area (Å²) in [6, 6.07) is 3.13. The first kappa shape index (κ1) is 14.8. The fourth-order valence-electron chi connectivity index (χ4n) is 1.96. The lowest BCUT2D eigenvalue weighted by molar-refractivity contribution is -0.136. The number of hydrogen-bond acceptors (Lipinski definition) is 3. The number of carbonyl (C=O) groups is 1. The van der Waals surface area contributed by atoms with Gasteiger partial charge >= 0.3 is 5.97 Å². The van der Waals surface area contributed by atoms with E-state index in [-0.39, 0.29) is 29.1 Å². The molecule has 0 radical (unpaired) electrons. The monoisotopic (exact) mass is 294 g/mol. The smallest absolute Gasteiger partial charge is 0.308 e. The Morgan fingerprint density at radius 2 is 2.10 bits per heavy atom. The number of halogens is 2. The predicted molar refractivity (Wildman–Crippen MR) is 70.1 cm³/mol. The van der Waals surface area contributed by atoms with Crippen LogP contribution in [0.4, 0.5) is 8.78 Å². The molecule has 0 unspecified atom stereocenters. The van der Waals surface area contributed by atoms with E-state index in [1.54, 1.807) is 0 Å². The van der Waals surface area contributed by atoms with Crippen LogP contribution in [-0.2, 0) is 17.6 Å². The van der Waals surface area contributed by atoms with E-state index in [1.165, 1.54) is 13.0 Å². The van der Waals surface area contributed by atoms with Gasteiger partial charge in [-0.1, -0.05) is 6.07 Å². The number of benzene rings is 1. The molecule has 2 aromatic rings. The van der Waals surface area contributed by atoms with E-state index in [9.17, 15) is 18.4 Å². The third-order valence-corrected chi connectivity index (χ3v) is 2.97. The first-order chi connectivity index (χ1) is 9.86. The zero-order chi connectivity index (χ0) is 15.6. The third-order valence-electron chi connectivity index (χ3n) is 2.97. The maximum atomic E-state index is 13.6. The van der Waals surface area contributed by atoms with Crippen LogP contribution < -0.4 is 5.56 Å². The fourth-order valence-corrected chi connectivity index (χ4v) is 1.96. The number of aliphatic carboxylic acids is 1. The van der Waals surface area contributed by atoms with E-state index in [4.69, 9.17) is 5.11 Å². The average Bonchev–Trinajstić information content (AvgIpc) is 2.37. The fraction of sp³-hybridized carbons (Fsp3) is 0.214. The molecule has 0 bridgehead atoms. The van der Waals surface area contributed by atoms with Gasteiger partial charge in [0.25, 0.3) is 5.56 Å². The number of nitrogens with one attached hydrogen (secondary N) is 1. The first-order valence-electron chi connectivity index (χ1n) is 6.11. The van der Waals surface area contributed by atoms with Crippen molar-refractivity contribution >= 4 is 5.97 Å². The Balaban J connectivity index is 2.34. The Kier molecular flexibility index (Phi) is 4.11. The standard InChI is InChI=1S/C14H12F2N2O3/c1-7-10(6-13(19)20)14(21)18-12(17-7)4-8-2-3-9(15)5-11(8)16/h2-3,5H,4,6H2,1H3,(H,19,20)(H,17,18,21). The molecular weight excluding hydrogens is 282 g/mol. The van der Waals surface area contributed by atoms with Gasteiger partial charge in [-0.05, 0) is 18.6 Å². The summed E-state index contributed by atoms with van der Waals surface area (Å²) in [5.74, 6) is -2.37. The largest absolute Gasteiger partial charge is 0.481 e. The minimum atomic E-state index is -1.14. The van der Waals surface area contributed by atoms with Crippen LogP contribution >= 0.6 is 0 Å². The highest BCUT2D eigenvalue weighted by Gasteiger charge is 2.13. The topological polar surface area (TPSA) is 83.0 Å². The lowest BCUT2D eigenvalue weighted by Crippen LogP contribution is -2.21. The van der Waals surface area contributed by atoms with Gasteiger partial charge in [0.05, 0.1) is 6.42 Å². The van der Waals surface area contributed by atoms with Gasteiger partial charge in [-0.2, -0.15) is 0 Å². The molecule has 0 spiro atoms. The second-order valence-corrected chi connectivity index (χ2v) is 4.56. The van der Waals surface area contributed by atoms with Gasteiger partial charge in [0.2, 0.25) is 0 Å². The minimum absolute atomic E-state index is 0.0183. The number of carboxylic acids is 1. The summed E-state index contributed by atoms with van der Waals surface area (Å²) in [6.07, 6.45) is -0.450. The molecule has 1 heterocycles. The average molecular weight is 294 g/mol. The quantitative estimate of drug-likeness (QED) is 0.896. The van der Waals surface area contributed by atoms with Crippen LogP contribution in [0.3, 0.4) is 0 Å². The number of aryl methyl sites for hydroxylation is 1. The number of aromatic amines is 1. The van der Waals surface area contributed by atoms with Crippen molar-refractivity contribution in [3.05, 3.63) is 62.8 Å². The van der Waals surface area contributed by atoms with Crippen LogP contribution in [0.5, 0.6) is 0 Å². The second kappa shape index (κ2) is 5.82. The lowest BCUT2D eigenvalue weighted by Gasteiger charge is -2.07. The normalized spacial score (nSPS) is 10.6. The van der Waals surface area contributed by atoms with E-state index < -0.39 is 29.6 Å². The molecule has 2 N–H and O–H groups in total. The number of rotatable bonds is 4. The van der Waals surface area contributed by atoms with Crippen molar-refractivity contribution in [3.8, 4) is 0 Å². The molecule has 0 aliphatic heterocycles. The number of carboxylic acid groups (broad SMARTS) is 1. The highest BCUT2D eigenvalue weighted by atomic mass is 19.1. The van der Waals surface area contributed by atoms with E-state index in [1.807, 2.05) is 0 Å². The Bertz CT molecular complexity index is 756. The first-order valence-corrected chi connectivity index (χ1v) is 6.11. The molecule has 0 fully saturated rings. The van der Waals surface area contributed by atoms with Crippen molar-refractivity contribution < 1.29 is 18.7 Å². The van der Waals surface area contributed by atoms with Crippen LogP contribution in [-0.4, -0.2) is 21.0 Å². The van der Waals surface area contributed by atoms with Crippen molar-refractivity contribution in [2.45, 2.75) is 19.8 Å². The third kappa shape index (κ3) is 3.50. The summed E-state index contributed by atoms with van der Waals surface area (Å²) in [7, 11) is 0. The molecule has 5 nitrogen and oxygen atoms in total. The van der Waals surface area contributed by atoms with Gasteiger partial charge in [-0.3, -0.25) is 9.59 Å². The molecule has 7 heteroatoms. The molecule has 0 atom stereocenters. The Morgan fingerprint density at radius 3 is 2.67 bits per heavy atom. The van der Waals surface area contributed by atoms with Crippen molar-refractivity contribution in [3.63, 3.8) is 0 Å². The SMILES string of the molecule is Cc1nc(Cc2ccc(F)cc2F)[nH]c(=O)c1CC(=O)O. The summed E-state index contributed by atoms with van der Waals surface area (Å²) < 4.78 is 26.4. The molecule has 2 rings (SSSR count). The zero-order valence-corrected chi connectivity index (χ0v) is 11.1. The highest BCUT2D eigenvalue weighted by molar-refractivity contribution is 5.70. The van der Waals surface area contributed by atoms with E-state index in [2.05, 4.69) is 9.97 Å². The van der Waals surface area contributed by atoms with E-state index in [0.29, 0.717) is 0 Å². The maximum absolute atomic E-state index is 13.6. The van der Waals surface area contributed by atoms with E-state index >= 15 is 0 Å². The number of H-pyrrole nitrogens is 1. The summed E-state index contributed by atoms with van der Waals surface area (Å²) >= 11 is 0. The molecule has 0 aliphatic carbocycles. The molecule has 1 aromatic heterocycles. The highest BCUT2D eigenvalue weighted by Crippen LogP contribution is 2.13. The predicted octanol–water partition coefficient (Wildman–Crippen LogP) is 1.57. The Morgan fingerprint density at radius 1 is 1.38 bits per heavy atom. The van der Waals surface area contributed by atoms with Gasteiger partial charge < -0.3 is 10.1 Å². The van der Waals surface area contributed by atoms with Crippen LogP contribution in [0.2, 0.25) is 0 Å². The van der Waals surface area contributed by atoms with Crippen LogP contribution in [0.15, 0.2) is 23.0 Å². The van der Waals surface area contributed by atoms with Crippen molar-refractivity contribution in [1.82, 2.24) is 9.97 Å². The summed E-state index contributed by atoms with van der Waals surface area (Å²) in [5.41, 5.74) is -0.0446. The van der Waals surface area contributed by atoms with Crippen molar-refractivity contribution in [2.24, 2.45) is 0 Å². The van der Waals surface area contributed by atoms with Gasteiger partial charge in [0.1, 0.15) is 17.5 Å². The van der Waals surface area contributed by atoms with Gasteiger partial charge in [-0.15, -0.1) is 0 Å². The number of hydrogen-bond donors (Lipinski definition) is 2. The molecular formula is C14H12F2N2O3. The second-order valence-electron chi connectivity index (χ2n) is 4.56. The molecule has 1 aromatic carbocycles. The minimum Gasteiger partial charge on any atom is -0.481 e. The van der Waals surface area contributed by atoms with Gasteiger partial charge in [0.15, 0.2) is 0 Å². The van der Waals surface area contributed by atoms with Gasteiger partial charge in [-0.25, -0.2) is 13.8 Å². The Hall–Kier alpha value is -2.57. The molecule has 21 heavy (non-hydrogen) atoms. The summed E-state index contributed by atoms with van der Waals surface area (Å²) in [4.78, 5) is 29.0. The van der Waals surface area contributed by atoms with Gasteiger partial charge in [0, 0.05) is 23.7 Å². The molecule has 0 amide bonds. The van der Waals surface area contributed by atoms with Crippen LogP contribution in [0.1, 0.15) is 22.6 Å². The lowest BCUT2D eigenvalue weighted by atomic mass is 10.1. The number of nitrogens with zero attached hydrogens (tertiary/aromatic N) is 1. The summed E-state index contributed by atoms with van der Waals surface area (Å²) in [5, 5.41) is 8.72. The Labute approximate surface area is 118 Å². The van der Waals surface area contributed by atoms with Crippen molar-refractivity contribution in [2.75, 3.05) is 0 Å².